The van der Waals surface area contributed by atoms with Crippen molar-refractivity contribution in [3.05, 3.63) is 0 Å². The Bertz CT molecular complexity index is 333. The molecule has 3 nitrogen and oxygen atoms in total. The molecule has 0 radical (unpaired) electrons. The maximum Gasteiger partial charge on any atom is 0.240 e. The normalized spacial score (nSPS) is 17.4. The summed E-state index contributed by atoms with van der Waals surface area (Å²) in [6.45, 7) is 4.78. The Morgan fingerprint density at radius 3 is 2.26 bits per heavy atom. The summed E-state index contributed by atoms with van der Waals surface area (Å²) >= 11 is 1.85. The third-order valence-electron chi connectivity index (χ3n) is 4.27. The summed E-state index contributed by atoms with van der Waals surface area (Å²) < 4.78 is 0.231. The first-order valence-corrected chi connectivity index (χ1v) is 8.55. The highest BCUT2D eigenvalue weighted by atomic mass is 32.2. The van der Waals surface area contributed by atoms with Gasteiger partial charge in [0.15, 0.2) is 0 Å². The summed E-state index contributed by atoms with van der Waals surface area (Å²) in [6, 6.07) is 2.29. The fourth-order valence-corrected chi connectivity index (χ4v) is 3.72. The molecule has 0 heterocycles. The lowest BCUT2D eigenvalue weighted by Gasteiger charge is -2.41. The number of carbonyl (C=O) groups excluding carboxylic acids is 1. The monoisotopic (exact) mass is 282 g/mol. The molecule has 1 N–H and O–H groups in total. The molecule has 19 heavy (non-hydrogen) atoms. The third kappa shape index (κ3) is 3.66. The van der Waals surface area contributed by atoms with Gasteiger partial charge in [-0.15, -0.1) is 0 Å². The van der Waals surface area contributed by atoms with E-state index < -0.39 is 5.41 Å². The number of nitrogens with zero attached hydrogens (tertiary/aromatic N) is 1. The molecule has 0 unspecified atom stereocenters. The van der Waals surface area contributed by atoms with Crippen molar-refractivity contribution in [2.24, 2.45) is 5.41 Å². The number of carbonyl (C=O) groups is 1. The molecular weight excluding hydrogens is 256 g/mol. The van der Waals surface area contributed by atoms with Crippen molar-refractivity contribution in [1.29, 1.82) is 5.26 Å². The van der Waals surface area contributed by atoms with Crippen LogP contribution in [0.1, 0.15) is 58.8 Å². The van der Waals surface area contributed by atoms with Crippen LogP contribution in [0.2, 0.25) is 0 Å². The summed E-state index contributed by atoms with van der Waals surface area (Å²) in [6.07, 6.45) is 8.78. The maximum atomic E-state index is 12.4. The number of nitriles is 1. The van der Waals surface area contributed by atoms with Gasteiger partial charge in [0, 0.05) is 11.3 Å². The molecule has 0 atom stereocenters. The summed E-state index contributed by atoms with van der Waals surface area (Å²) in [5.74, 6) is -0.0565. The van der Waals surface area contributed by atoms with Crippen LogP contribution < -0.4 is 5.32 Å². The fourth-order valence-electron chi connectivity index (χ4n) is 2.80. The van der Waals surface area contributed by atoms with Gasteiger partial charge >= 0.3 is 0 Å². The number of rotatable bonds is 8. The van der Waals surface area contributed by atoms with Crippen LogP contribution in [0, 0.1) is 16.7 Å². The van der Waals surface area contributed by atoms with Crippen molar-refractivity contribution in [1.82, 2.24) is 5.32 Å². The average Bonchev–Trinajstić information content (AvgIpc) is 2.37. The van der Waals surface area contributed by atoms with Crippen LogP contribution in [-0.2, 0) is 4.79 Å². The van der Waals surface area contributed by atoms with E-state index in [1.807, 2.05) is 25.6 Å². The summed E-state index contributed by atoms with van der Waals surface area (Å²) in [5, 5.41) is 12.5. The van der Waals surface area contributed by atoms with Crippen LogP contribution in [0.15, 0.2) is 0 Å². The van der Waals surface area contributed by atoms with Gasteiger partial charge in [-0.2, -0.15) is 17.0 Å². The van der Waals surface area contributed by atoms with Gasteiger partial charge in [-0.1, -0.05) is 33.1 Å². The molecule has 0 saturated heterocycles. The second kappa shape index (κ2) is 7.19. The first kappa shape index (κ1) is 16.4. The average molecular weight is 282 g/mol. The molecule has 1 saturated carbocycles. The van der Waals surface area contributed by atoms with E-state index in [-0.39, 0.29) is 10.7 Å². The Morgan fingerprint density at radius 2 is 1.95 bits per heavy atom. The van der Waals surface area contributed by atoms with Gasteiger partial charge in [-0.3, -0.25) is 4.79 Å². The summed E-state index contributed by atoms with van der Waals surface area (Å²) in [5.41, 5.74) is -0.813. The van der Waals surface area contributed by atoms with E-state index in [1.165, 1.54) is 19.3 Å². The summed E-state index contributed by atoms with van der Waals surface area (Å²) in [7, 11) is 0. The predicted octanol–water partition coefficient (Wildman–Crippen LogP) is 3.50. The maximum absolute atomic E-state index is 12.4. The third-order valence-corrected chi connectivity index (χ3v) is 5.69. The minimum atomic E-state index is -0.813. The molecule has 0 aromatic carbocycles. The molecule has 0 bridgehead atoms. The number of hydrogen-bond acceptors (Lipinski definition) is 3. The van der Waals surface area contributed by atoms with E-state index in [0.29, 0.717) is 19.4 Å². The van der Waals surface area contributed by atoms with Crippen molar-refractivity contribution in [2.45, 2.75) is 63.5 Å². The smallest absolute Gasteiger partial charge is 0.240 e. The van der Waals surface area contributed by atoms with E-state index in [1.54, 1.807) is 0 Å². The minimum absolute atomic E-state index is 0.0565. The topological polar surface area (TPSA) is 52.9 Å². The molecule has 4 heteroatoms. The molecule has 0 aliphatic heterocycles. The van der Waals surface area contributed by atoms with E-state index in [2.05, 4.69) is 17.6 Å². The lowest BCUT2D eigenvalue weighted by Crippen LogP contribution is -2.49. The zero-order chi connectivity index (χ0) is 14.4. The van der Waals surface area contributed by atoms with Crippen molar-refractivity contribution in [3.63, 3.8) is 0 Å². The van der Waals surface area contributed by atoms with Crippen LogP contribution in [0.4, 0.5) is 0 Å². The van der Waals surface area contributed by atoms with Gasteiger partial charge in [0.05, 0.1) is 6.07 Å². The van der Waals surface area contributed by atoms with Crippen molar-refractivity contribution >= 4 is 17.7 Å². The molecule has 1 aliphatic carbocycles. The molecule has 1 amide bonds. The van der Waals surface area contributed by atoms with Crippen molar-refractivity contribution < 1.29 is 4.79 Å². The van der Waals surface area contributed by atoms with Crippen LogP contribution in [0.3, 0.4) is 0 Å². The second-order valence-corrected chi connectivity index (χ2v) is 6.89. The highest BCUT2D eigenvalue weighted by Crippen LogP contribution is 2.42. The molecule has 1 fully saturated rings. The quantitative estimate of drug-likeness (QED) is 0.741. The number of hydrogen-bond donors (Lipinski definition) is 1. The molecule has 0 spiro atoms. The van der Waals surface area contributed by atoms with Gasteiger partial charge in [-0.25, -0.2) is 0 Å². The SMILES string of the molecule is CCCC(C#N)(CCC)C(=O)NCC1(SC)CCC1. The van der Waals surface area contributed by atoms with Gasteiger partial charge < -0.3 is 5.32 Å². The number of nitrogens with one attached hydrogen (secondary N) is 1. The lowest BCUT2D eigenvalue weighted by atomic mass is 9.79. The lowest BCUT2D eigenvalue weighted by molar-refractivity contribution is -0.129. The molecule has 0 aromatic heterocycles. The van der Waals surface area contributed by atoms with E-state index in [4.69, 9.17) is 0 Å². The standard InChI is InChI=1S/C15H26N2OS/c1-4-7-14(11-16,8-5-2)13(18)17-12-15(19-3)9-6-10-15/h4-10,12H2,1-3H3,(H,17,18). The van der Waals surface area contributed by atoms with Gasteiger partial charge in [0.1, 0.15) is 5.41 Å². The largest absolute Gasteiger partial charge is 0.353 e. The molecule has 1 rings (SSSR count). The second-order valence-electron chi connectivity index (χ2n) is 5.62. The van der Waals surface area contributed by atoms with Crippen LogP contribution in [-0.4, -0.2) is 23.5 Å². The Hall–Kier alpha value is -0.690. The fraction of sp³-hybridized carbons (Fsp3) is 0.867. The molecule has 1 aliphatic rings. The van der Waals surface area contributed by atoms with E-state index in [9.17, 15) is 10.1 Å². The first-order valence-electron chi connectivity index (χ1n) is 7.33. The number of amides is 1. The van der Waals surface area contributed by atoms with Crippen LogP contribution in [0.25, 0.3) is 0 Å². The first-order chi connectivity index (χ1) is 9.08. The zero-order valence-electron chi connectivity index (χ0n) is 12.4. The minimum Gasteiger partial charge on any atom is -0.353 e. The van der Waals surface area contributed by atoms with E-state index >= 15 is 0 Å². The van der Waals surface area contributed by atoms with Gasteiger partial charge in [0.2, 0.25) is 5.91 Å². The van der Waals surface area contributed by atoms with Crippen LogP contribution >= 0.6 is 11.8 Å². The Kier molecular flexibility index (Phi) is 6.19. The van der Waals surface area contributed by atoms with Gasteiger partial charge in [-0.05, 0) is 31.9 Å². The van der Waals surface area contributed by atoms with Crippen LogP contribution in [0.5, 0.6) is 0 Å². The molecular formula is C15H26N2OS. The highest BCUT2D eigenvalue weighted by Gasteiger charge is 2.40. The van der Waals surface area contributed by atoms with Crippen molar-refractivity contribution in [3.8, 4) is 6.07 Å². The Balaban J connectivity index is 2.64. The molecule has 108 valence electrons. The Morgan fingerprint density at radius 1 is 1.37 bits per heavy atom. The highest BCUT2D eigenvalue weighted by molar-refractivity contribution is 8.00. The van der Waals surface area contributed by atoms with Crippen molar-refractivity contribution in [2.75, 3.05) is 12.8 Å². The van der Waals surface area contributed by atoms with Gasteiger partial charge in [0.25, 0.3) is 0 Å². The predicted molar refractivity (Wildman–Crippen MR) is 81.0 cm³/mol. The zero-order valence-corrected chi connectivity index (χ0v) is 13.2. The van der Waals surface area contributed by atoms with E-state index in [0.717, 1.165) is 12.8 Å². The summed E-state index contributed by atoms with van der Waals surface area (Å²) in [4.78, 5) is 12.4. The Labute approximate surface area is 121 Å². The number of thioether (sulfide) groups is 1. The molecule has 0 aromatic rings.